The first-order valence-corrected chi connectivity index (χ1v) is 7.73. The fraction of sp³-hybridized carbons (Fsp3) is 0.154. The van der Waals surface area contributed by atoms with Gasteiger partial charge in [0, 0.05) is 17.2 Å². The van der Waals surface area contributed by atoms with Gasteiger partial charge in [0.15, 0.2) is 16.7 Å². The molecule has 0 unspecified atom stereocenters. The number of rotatable bonds is 3. The molecule has 0 atom stereocenters. The van der Waals surface area contributed by atoms with Gasteiger partial charge in [-0.3, -0.25) is 0 Å². The van der Waals surface area contributed by atoms with Crippen molar-refractivity contribution in [1.82, 2.24) is 4.98 Å². The van der Waals surface area contributed by atoms with Crippen LogP contribution >= 0.6 is 43.5 Å². The van der Waals surface area contributed by atoms with E-state index in [0.717, 1.165) is 31.7 Å². The van der Waals surface area contributed by atoms with Gasteiger partial charge in [-0.25, -0.2) is 4.98 Å². The molecule has 1 aliphatic heterocycles. The van der Waals surface area contributed by atoms with E-state index in [-0.39, 0.29) is 6.79 Å². The fourth-order valence-corrected chi connectivity index (χ4v) is 2.97. The van der Waals surface area contributed by atoms with Crippen molar-refractivity contribution in [3.63, 3.8) is 0 Å². The van der Waals surface area contributed by atoms with E-state index in [4.69, 9.17) is 21.1 Å². The lowest BCUT2D eigenvalue weighted by Gasteiger charge is -2.09. The van der Waals surface area contributed by atoms with Gasteiger partial charge in [-0.2, -0.15) is 0 Å². The lowest BCUT2D eigenvalue weighted by atomic mass is 10.2. The standard InChI is InChI=1S/C13H9Br2ClN2O2/c14-8-3-10(13(16)18-5-8)17-4-7-1-9(15)12-11(2-7)19-6-20-12/h1-3,5,17H,4,6H2. The van der Waals surface area contributed by atoms with Gasteiger partial charge in [0.25, 0.3) is 0 Å². The number of benzene rings is 1. The number of pyridine rings is 1. The number of ether oxygens (including phenoxy) is 2. The summed E-state index contributed by atoms with van der Waals surface area (Å²) in [6.07, 6.45) is 1.66. The van der Waals surface area contributed by atoms with Gasteiger partial charge in [-0.05, 0) is 55.6 Å². The van der Waals surface area contributed by atoms with Gasteiger partial charge in [-0.15, -0.1) is 0 Å². The molecule has 1 aromatic heterocycles. The van der Waals surface area contributed by atoms with E-state index in [0.29, 0.717) is 11.7 Å². The minimum atomic E-state index is 0.256. The van der Waals surface area contributed by atoms with Crippen LogP contribution in [0, 0.1) is 0 Å². The van der Waals surface area contributed by atoms with Gasteiger partial charge in [0.05, 0.1) is 10.2 Å². The maximum Gasteiger partial charge on any atom is 0.231 e. The monoisotopic (exact) mass is 418 g/mol. The van der Waals surface area contributed by atoms with Crippen LogP contribution in [0.3, 0.4) is 0 Å². The van der Waals surface area contributed by atoms with Crippen LogP contribution in [0.1, 0.15) is 5.56 Å². The Balaban J connectivity index is 1.79. The summed E-state index contributed by atoms with van der Waals surface area (Å²) in [7, 11) is 0. The Bertz CT molecular complexity index is 667. The summed E-state index contributed by atoms with van der Waals surface area (Å²) in [5.41, 5.74) is 1.83. The van der Waals surface area contributed by atoms with E-state index in [1.54, 1.807) is 6.20 Å². The van der Waals surface area contributed by atoms with Crippen molar-refractivity contribution in [2.45, 2.75) is 6.54 Å². The molecule has 0 amide bonds. The number of aromatic nitrogens is 1. The number of anilines is 1. The molecule has 3 rings (SSSR count). The zero-order chi connectivity index (χ0) is 14.1. The highest BCUT2D eigenvalue weighted by atomic mass is 79.9. The Morgan fingerprint density at radius 2 is 2.10 bits per heavy atom. The first kappa shape index (κ1) is 14.0. The number of nitrogens with zero attached hydrogens (tertiary/aromatic N) is 1. The second-order valence-electron chi connectivity index (χ2n) is 4.16. The summed E-state index contributed by atoms with van der Waals surface area (Å²) in [5.74, 6) is 1.49. The third-order valence-corrected chi connectivity index (χ3v) is 4.10. The number of halogens is 3. The summed E-state index contributed by atoms with van der Waals surface area (Å²) in [4.78, 5) is 4.07. The molecule has 7 heteroatoms. The van der Waals surface area contributed by atoms with Crippen molar-refractivity contribution in [1.29, 1.82) is 0 Å². The Morgan fingerprint density at radius 3 is 2.95 bits per heavy atom. The molecular formula is C13H9Br2ClN2O2. The normalized spacial score (nSPS) is 12.6. The van der Waals surface area contributed by atoms with Crippen LogP contribution in [0.4, 0.5) is 5.69 Å². The third kappa shape index (κ3) is 2.87. The van der Waals surface area contributed by atoms with E-state index in [9.17, 15) is 0 Å². The predicted octanol–water partition coefficient (Wildman–Crippen LogP) is 4.60. The molecule has 0 radical (unpaired) electrons. The molecule has 1 aliphatic rings. The zero-order valence-corrected chi connectivity index (χ0v) is 14.0. The largest absolute Gasteiger partial charge is 0.454 e. The lowest BCUT2D eigenvalue weighted by Crippen LogP contribution is -2.01. The molecule has 104 valence electrons. The minimum Gasteiger partial charge on any atom is -0.454 e. The van der Waals surface area contributed by atoms with E-state index in [2.05, 4.69) is 42.2 Å². The number of hydrogen-bond donors (Lipinski definition) is 1. The topological polar surface area (TPSA) is 43.4 Å². The Kier molecular flexibility index (Phi) is 4.05. The van der Waals surface area contributed by atoms with Crippen LogP contribution in [0.25, 0.3) is 0 Å². The van der Waals surface area contributed by atoms with Crippen molar-refractivity contribution in [3.05, 3.63) is 44.1 Å². The first-order chi connectivity index (χ1) is 9.63. The van der Waals surface area contributed by atoms with E-state index >= 15 is 0 Å². The van der Waals surface area contributed by atoms with Crippen LogP contribution in [-0.2, 0) is 6.54 Å². The van der Waals surface area contributed by atoms with Crippen LogP contribution in [0.15, 0.2) is 33.3 Å². The number of hydrogen-bond acceptors (Lipinski definition) is 4. The molecule has 0 aliphatic carbocycles. The van der Waals surface area contributed by atoms with Crippen LogP contribution in [0.5, 0.6) is 11.5 Å². The molecular weight excluding hydrogens is 411 g/mol. The predicted molar refractivity (Wildman–Crippen MR) is 84.5 cm³/mol. The number of nitrogens with one attached hydrogen (secondary N) is 1. The summed E-state index contributed by atoms with van der Waals surface area (Å²) >= 11 is 12.9. The molecule has 0 spiro atoms. The molecule has 2 heterocycles. The summed E-state index contributed by atoms with van der Waals surface area (Å²) in [6.45, 7) is 0.860. The molecule has 1 N–H and O–H groups in total. The second kappa shape index (κ2) is 5.79. The van der Waals surface area contributed by atoms with Crippen molar-refractivity contribution in [2.24, 2.45) is 0 Å². The molecule has 20 heavy (non-hydrogen) atoms. The van der Waals surface area contributed by atoms with Crippen molar-refractivity contribution in [3.8, 4) is 11.5 Å². The fourth-order valence-electron chi connectivity index (χ4n) is 1.87. The van der Waals surface area contributed by atoms with Crippen molar-refractivity contribution >= 4 is 49.1 Å². The molecule has 0 fully saturated rings. The highest BCUT2D eigenvalue weighted by Gasteiger charge is 2.17. The number of fused-ring (bicyclic) bond motifs is 1. The maximum absolute atomic E-state index is 6.04. The average molecular weight is 420 g/mol. The van der Waals surface area contributed by atoms with Crippen molar-refractivity contribution in [2.75, 3.05) is 12.1 Å². The summed E-state index contributed by atoms with van der Waals surface area (Å²) in [5, 5.41) is 3.68. The van der Waals surface area contributed by atoms with Gasteiger partial charge in [-0.1, -0.05) is 11.6 Å². The van der Waals surface area contributed by atoms with Gasteiger partial charge in [0.2, 0.25) is 6.79 Å². The summed E-state index contributed by atoms with van der Waals surface area (Å²) < 4.78 is 12.5. The molecule has 1 aromatic carbocycles. The molecule has 0 bridgehead atoms. The van der Waals surface area contributed by atoms with Gasteiger partial charge < -0.3 is 14.8 Å². The average Bonchev–Trinajstić information content (AvgIpc) is 2.89. The summed E-state index contributed by atoms with van der Waals surface area (Å²) in [6, 6.07) is 5.82. The van der Waals surface area contributed by atoms with Crippen molar-refractivity contribution < 1.29 is 9.47 Å². The quantitative estimate of drug-likeness (QED) is 0.737. The smallest absolute Gasteiger partial charge is 0.231 e. The molecule has 0 saturated heterocycles. The highest BCUT2D eigenvalue weighted by molar-refractivity contribution is 9.10. The SMILES string of the molecule is Clc1ncc(Br)cc1NCc1cc(Br)c2c(c1)OCO2. The van der Waals surface area contributed by atoms with Gasteiger partial charge >= 0.3 is 0 Å². The molecule has 2 aromatic rings. The van der Waals surface area contributed by atoms with E-state index in [1.807, 2.05) is 18.2 Å². The lowest BCUT2D eigenvalue weighted by molar-refractivity contribution is 0.173. The highest BCUT2D eigenvalue weighted by Crippen LogP contribution is 2.40. The third-order valence-electron chi connectivity index (χ3n) is 2.78. The second-order valence-corrected chi connectivity index (χ2v) is 6.28. The van der Waals surface area contributed by atoms with Crippen LogP contribution < -0.4 is 14.8 Å². The van der Waals surface area contributed by atoms with Gasteiger partial charge in [0.1, 0.15) is 0 Å². The zero-order valence-electron chi connectivity index (χ0n) is 10.1. The molecule has 0 saturated carbocycles. The van der Waals surface area contributed by atoms with E-state index < -0.39 is 0 Å². The van der Waals surface area contributed by atoms with E-state index in [1.165, 1.54) is 0 Å². The Hall–Kier alpha value is -0.980. The van der Waals surface area contributed by atoms with Crippen LogP contribution in [-0.4, -0.2) is 11.8 Å². The van der Waals surface area contributed by atoms with Crippen LogP contribution in [0.2, 0.25) is 5.15 Å². The Morgan fingerprint density at radius 1 is 1.25 bits per heavy atom. The first-order valence-electron chi connectivity index (χ1n) is 5.76. The Labute approximate surface area is 137 Å². The minimum absolute atomic E-state index is 0.256. The maximum atomic E-state index is 6.04. The molecule has 4 nitrogen and oxygen atoms in total.